The molecule has 1 saturated carbocycles. The zero-order valence-electron chi connectivity index (χ0n) is 18.6. The molecule has 1 fully saturated rings. The molecule has 0 aromatic heterocycles. The summed E-state index contributed by atoms with van der Waals surface area (Å²) in [4.78, 5) is 25.8. The minimum atomic E-state index is -0.471. The van der Waals surface area contributed by atoms with Gasteiger partial charge in [0.1, 0.15) is 0 Å². The van der Waals surface area contributed by atoms with E-state index in [1.54, 1.807) is 48.5 Å². The second kappa shape index (κ2) is 9.82. The number of aryl methyl sites for hydroxylation is 1. The van der Waals surface area contributed by atoms with Crippen LogP contribution >= 0.6 is 0 Å². The summed E-state index contributed by atoms with van der Waals surface area (Å²) in [6, 6.07) is 19.9. The number of rotatable bonds is 6. The van der Waals surface area contributed by atoms with Gasteiger partial charge in [-0.15, -0.1) is 0 Å². The normalized spacial score (nSPS) is 13.7. The fourth-order valence-corrected chi connectivity index (χ4v) is 4.49. The SMILES string of the molecule is CCc1c(C2CCCC2)cc(C)c(OC(=O)c2ccccc2)c1OC(=O)c1ccccc1. The van der Waals surface area contributed by atoms with Gasteiger partial charge in [0.05, 0.1) is 11.1 Å². The Labute approximate surface area is 189 Å². The second-order valence-electron chi connectivity index (χ2n) is 8.27. The first kappa shape index (κ1) is 21.8. The summed E-state index contributed by atoms with van der Waals surface area (Å²) >= 11 is 0. The molecule has 3 aromatic rings. The number of esters is 2. The van der Waals surface area contributed by atoms with E-state index in [1.165, 1.54) is 18.4 Å². The van der Waals surface area contributed by atoms with E-state index in [9.17, 15) is 9.59 Å². The molecule has 4 nitrogen and oxygen atoms in total. The van der Waals surface area contributed by atoms with Gasteiger partial charge in [0, 0.05) is 5.56 Å². The van der Waals surface area contributed by atoms with Gasteiger partial charge in [0.15, 0.2) is 11.5 Å². The molecule has 0 saturated heterocycles. The Hall–Kier alpha value is -3.40. The molecule has 3 aromatic carbocycles. The lowest BCUT2D eigenvalue weighted by Gasteiger charge is -2.22. The van der Waals surface area contributed by atoms with Crippen LogP contribution in [0.25, 0.3) is 0 Å². The Morgan fingerprint density at radius 2 is 1.31 bits per heavy atom. The van der Waals surface area contributed by atoms with Crippen LogP contribution in [-0.2, 0) is 6.42 Å². The van der Waals surface area contributed by atoms with Gasteiger partial charge in [-0.25, -0.2) is 9.59 Å². The summed E-state index contributed by atoms with van der Waals surface area (Å²) in [5.41, 5.74) is 3.86. The monoisotopic (exact) mass is 428 g/mol. The number of carbonyl (C=O) groups is 2. The molecule has 32 heavy (non-hydrogen) atoms. The molecular formula is C28H28O4. The van der Waals surface area contributed by atoms with Crippen molar-refractivity contribution in [2.24, 2.45) is 0 Å². The zero-order chi connectivity index (χ0) is 22.5. The molecule has 0 spiro atoms. The Morgan fingerprint density at radius 3 is 1.81 bits per heavy atom. The van der Waals surface area contributed by atoms with E-state index < -0.39 is 11.9 Å². The van der Waals surface area contributed by atoms with E-state index in [0.29, 0.717) is 35.0 Å². The number of hydrogen-bond donors (Lipinski definition) is 0. The van der Waals surface area contributed by atoms with Gasteiger partial charge in [0.25, 0.3) is 0 Å². The highest BCUT2D eigenvalue weighted by molar-refractivity contribution is 5.93. The van der Waals surface area contributed by atoms with E-state index in [2.05, 4.69) is 6.07 Å². The quantitative estimate of drug-likeness (QED) is 0.326. The molecule has 0 N–H and O–H groups in total. The van der Waals surface area contributed by atoms with Gasteiger partial charge in [-0.2, -0.15) is 0 Å². The summed E-state index contributed by atoms with van der Waals surface area (Å²) in [5.74, 6) is 0.202. The molecule has 0 bridgehead atoms. The van der Waals surface area contributed by atoms with Crippen molar-refractivity contribution < 1.29 is 19.1 Å². The van der Waals surface area contributed by atoms with Gasteiger partial charge in [0.2, 0.25) is 0 Å². The summed E-state index contributed by atoms with van der Waals surface area (Å²) < 4.78 is 11.8. The van der Waals surface area contributed by atoms with Crippen molar-refractivity contribution in [1.82, 2.24) is 0 Å². The van der Waals surface area contributed by atoms with Gasteiger partial charge >= 0.3 is 11.9 Å². The van der Waals surface area contributed by atoms with Crippen LogP contribution in [0, 0.1) is 6.92 Å². The van der Waals surface area contributed by atoms with Crippen molar-refractivity contribution in [2.75, 3.05) is 0 Å². The lowest BCUT2D eigenvalue weighted by Crippen LogP contribution is -2.16. The maximum atomic E-state index is 13.0. The number of carbonyl (C=O) groups excluding carboxylic acids is 2. The van der Waals surface area contributed by atoms with Crippen LogP contribution in [-0.4, -0.2) is 11.9 Å². The highest BCUT2D eigenvalue weighted by Gasteiger charge is 2.28. The van der Waals surface area contributed by atoms with Crippen LogP contribution in [0.4, 0.5) is 0 Å². The molecule has 4 rings (SSSR count). The van der Waals surface area contributed by atoms with Crippen LogP contribution < -0.4 is 9.47 Å². The van der Waals surface area contributed by atoms with Crippen molar-refractivity contribution in [1.29, 1.82) is 0 Å². The lowest BCUT2D eigenvalue weighted by molar-refractivity contribution is 0.0680. The molecule has 1 aliphatic rings. The van der Waals surface area contributed by atoms with Gasteiger partial charge in [-0.1, -0.05) is 62.2 Å². The molecular weight excluding hydrogens is 400 g/mol. The zero-order valence-corrected chi connectivity index (χ0v) is 18.6. The molecule has 0 aliphatic heterocycles. The fourth-order valence-electron chi connectivity index (χ4n) is 4.49. The minimum Gasteiger partial charge on any atom is -0.419 e. The molecule has 1 aliphatic carbocycles. The third kappa shape index (κ3) is 4.59. The average Bonchev–Trinajstić information content (AvgIpc) is 3.37. The first-order valence-corrected chi connectivity index (χ1v) is 11.3. The molecule has 0 amide bonds. The van der Waals surface area contributed by atoms with E-state index in [-0.39, 0.29) is 0 Å². The maximum Gasteiger partial charge on any atom is 0.343 e. The van der Waals surface area contributed by atoms with Crippen molar-refractivity contribution in [3.8, 4) is 11.5 Å². The number of hydrogen-bond acceptors (Lipinski definition) is 4. The third-order valence-corrected chi connectivity index (χ3v) is 6.12. The molecule has 0 atom stereocenters. The van der Waals surface area contributed by atoms with Gasteiger partial charge in [-0.05, 0) is 67.5 Å². The maximum absolute atomic E-state index is 13.0. The van der Waals surface area contributed by atoms with Crippen LogP contribution in [0.2, 0.25) is 0 Å². The smallest absolute Gasteiger partial charge is 0.343 e. The van der Waals surface area contributed by atoms with Crippen molar-refractivity contribution in [2.45, 2.75) is 51.9 Å². The van der Waals surface area contributed by atoms with Crippen LogP contribution in [0.1, 0.15) is 75.9 Å². The summed E-state index contributed by atoms with van der Waals surface area (Å²) in [5, 5.41) is 0. The first-order valence-electron chi connectivity index (χ1n) is 11.3. The topological polar surface area (TPSA) is 52.6 Å². The minimum absolute atomic E-state index is 0.321. The standard InChI is InChI=1S/C28H28O4/c1-3-23-24(20-12-10-11-13-20)18-19(2)25(31-27(29)21-14-6-4-7-15-21)26(23)32-28(30)22-16-8-5-9-17-22/h4-9,14-18,20H,3,10-13H2,1-2H3. The Balaban J connectivity index is 1.78. The van der Waals surface area contributed by atoms with Crippen molar-refractivity contribution in [3.63, 3.8) is 0 Å². The summed E-state index contributed by atoms with van der Waals surface area (Å²) in [7, 11) is 0. The van der Waals surface area contributed by atoms with Crippen molar-refractivity contribution >= 4 is 11.9 Å². The lowest BCUT2D eigenvalue weighted by atomic mass is 9.89. The van der Waals surface area contributed by atoms with Crippen LogP contribution in [0.3, 0.4) is 0 Å². The molecule has 0 radical (unpaired) electrons. The average molecular weight is 429 g/mol. The summed E-state index contributed by atoms with van der Waals surface area (Å²) in [6.07, 6.45) is 5.34. The predicted octanol–water partition coefficient (Wildman–Crippen LogP) is 6.65. The van der Waals surface area contributed by atoms with Crippen LogP contribution in [0.15, 0.2) is 66.7 Å². The fraction of sp³-hybridized carbons (Fsp3) is 0.286. The highest BCUT2D eigenvalue weighted by Crippen LogP contribution is 2.45. The molecule has 0 unspecified atom stereocenters. The molecule has 164 valence electrons. The second-order valence-corrected chi connectivity index (χ2v) is 8.27. The van der Waals surface area contributed by atoms with Gasteiger partial charge < -0.3 is 9.47 Å². The van der Waals surface area contributed by atoms with Gasteiger partial charge in [-0.3, -0.25) is 0 Å². The van der Waals surface area contributed by atoms with Crippen molar-refractivity contribution in [3.05, 3.63) is 94.5 Å². The van der Waals surface area contributed by atoms with E-state index >= 15 is 0 Å². The Bertz CT molecular complexity index is 1100. The van der Waals surface area contributed by atoms with E-state index in [0.717, 1.165) is 24.0 Å². The number of benzene rings is 3. The van der Waals surface area contributed by atoms with E-state index in [1.807, 2.05) is 26.0 Å². The third-order valence-electron chi connectivity index (χ3n) is 6.12. The summed E-state index contributed by atoms with van der Waals surface area (Å²) in [6.45, 7) is 3.96. The first-order chi connectivity index (χ1) is 15.6. The predicted molar refractivity (Wildman–Crippen MR) is 125 cm³/mol. The Kier molecular flexibility index (Phi) is 6.69. The largest absolute Gasteiger partial charge is 0.419 e. The highest BCUT2D eigenvalue weighted by atomic mass is 16.6. The van der Waals surface area contributed by atoms with E-state index in [4.69, 9.17) is 9.47 Å². The molecule has 0 heterocycles. The van der Waals surface area contributed by atoms with Crippen LogP contribution in [0.5, 0.6) is 11.5 Å². The number of ether oxygens (including phenoxy) is 2. The Morgan fingerprint density at radius 1 is 0.812 bits per heavy atom. The molecule has 4 heteroatoms.